The highest BCUT2D eigenvalue weighted by atomic mass is 16.5. The molecule has 4 aliphatic carbocycles. The summed E-state index contributed by atoms with van der Waals surface area (Å²) in [5.41, 5.74) is 4.73. The highest BCUT2D eigenvalue weighted by Crippen LogP contribution is 2.64. The Labute approximate surface area is 196 Å². The van der Waals surface area contributed by atoms with Gasteiger partial charge in [0.25, 0.3) is 0 Å². The number of fused-ring (bicyclic) bond motifs is 4. The molecule has 1 N–H and O–H groups in total. The van der Waals surface area contributed by atoms with E-state index in [9.17, 15) is 9.90 Å². The van der Waals surface area contributed by atoms with E-state index in [0.29, 0.717) is 17.8 Å². The van der Waals surface area contributed by atoms with Crippen LogP contribution in [0.25, 0.3) is 0 Å². The van der Waals surface area contributed by atoms with Gasteiger partial charge in [-0.05, 0) is 96.2 Å². The van der Waals surface area contributed by atoms with Gasteiger partial charge in [0.15, 0.2) is 0 Å². The van der Waals surface area contributed by atoms with Gasteiger partial charge in [-0.1, -0.05) is 60.0 Å². The lowest BCUT2D eigenvalue weighted by molar-refractivity contribution is -0.150. The molecule has 0 spiro atoms. The van der Waals surface area contributed by atoms with Gasteiger partial charge in [-0.15, -0.1) is 0 Å². The second-order valence-electron chi connectivity index (χ2n) is 12.5. The molecule has 4 aliphatic rings. The van der Waals surface area contributed by atoms with Crippen molar-refractivity contribution in [2.24, 2.45) is 34.5 Å². The molecule has 0 amide bonds. The lowest BCUT2D eigenvalue weighted by Crippen LogP contribution is -2.44. The molecule has 0 radical (unpaired) electrons. The zero-order valence-electron chi connectivity index (χ0n) is 21.4. The van der Waals surface area contributed by atoms with Crippen LogP contribution in [-0.4, -0.2) is 23.3 Å². The molecule has 180 valence electrons. The topological polar surface area (TPSA) is 46.5 Å². The third kappa shape index (κ3) is 4.12. The highest BCUT2D eigenvalue weighted by molar-refractivity contribution is 5.66. The number of ether oxygens (including phenoxy) is 1. The van der Waals surface area contributed by atoms with Gasteiger partial charge in [-0.2, -0.15) is 0 Å². The van der Waals surface area contributed by atoms with Crippen molar-refractivity contribution in [1.29, 1.82) is 0 Å². The molecule has 32 heavy (non-hydrogen) atoms. The Morgan fingerprint density at radius 2 is 1.91 bits per heavy atom. The molecule has 0 unspecified atom stereocenters. The van der Waals surface area contributed by atoms with Gasteiger partial charge in [0.2, 0.25) is 0 Å². The van der Waals surface area contributed by atoms with Crippen LogP contribution in [-0.2, 0) is 9.53 Å². The van der Waals surface area contributed by atoms with Crippen molar-refractivity contribution in [3.8, 4) is 0 Å². The van der Waals surface area contributed by atoms with Crippen LogP contribution in [0, 0.1) is 34.5 Å². The summed E-state index contributed by atoms with van der Waals surface area (Å²) in [5, 5.41) is 11.3. The van der Waals surface area contributed by atoms with Crippen LogP contribution < -0.4 is 0 Å². The van der Waals surface area contributed by atoms with Crippen molar-refractivity contribution < 1.29 is 14.6 Å². The van der Waals surface area contributed by atoms with E-state index < -0.39 is 0 Å². The maximum Gasteiger partial charge on any atom is 0.302 e. The fraction of sp³-hybridized carbons (Fsp3) is 0.828. The van der Waals surface area contributed by atoms with E-state index in [1.54, 1.807) is 0 Å². The molecule has 0 aromatic rings. The smallest absolute Gasteiger partial charge is 0.302 e. The molecule has 0 aliphatic heterocycles. The second kappa shape index (κ2) is 8.93. The summed E-state index contributed by atoms with van der Waals surface area (Å²) in [6.45, 7) is 13.5. The molecule has 4 rings (SSSR count). The first kappa shape index (κ1) is 24.0. The Hall–Kier alpha value is -1.09. The van der Waals surface area contributed by atoms with Crippen molar-refractivity contribution >= 4 is 5.97 Å². The number of aliphatic hydroxyl groups excluding tert-OH is 1. The Bertz CT molecular complexity index is 792. The zero-order valence-corrected chi connectivity index (χ0v) is 21.4. The molecule has 0 heterocycles. The number of carbonyl (C=O) groups excluding carboxylic acids is 1. The van der Waals surface area contributed by atoms with Crippen LogP contribution in [0.3, 0.4) is 0 Å². The van der Waals surface area contributed by atoms with Crippen molar-refractivity contribution in [1.82, 2.24) is 0 Å². The van der Waals surface area contributed by atoms with Crippen molar-refractivity contribution in [3.63, 3.8) is 0 Å². The molecule has 3 fully saturated rings. The average molecular weight is 443 g/mol. The number of hydrogen-bond acceptors (Lipinski definition) is 3. The minimum Gasteiger partial charge on any atom is -0.463 e. The van der Waals surface area contributed by atoms with Crippen LogP contribution in [0.2, 0.25) is 0 Å². The first-order chi connectivity index (χ1) is 15.1. The molecule has 3 saturated carbocycles. The third-order valence-electron chi connectivity index (χ3n) is 9.88. The van der Waals surface area contributed by atoms with Gasteiger partial charge in [0, 0.05) is 6.92 Å². The Morgan fingerprint density at radius 3 is 2.59 bits per heavy atom. The van der Waals surface area contributed by atoms with Crippen molar-refractivity contribution in [2.45, 2.75) is 118 Å². The quantitative estimate of drug-likeness (QED) is 0.451. The first-order valence-electron chi connectivity index (χ1n) is 13.4. The lowest BCUT2D eigenvalue weighted by atomic mass is 9.52. The summed E-state index contributed by atoms with van der Waals surface area (Å²) in [5.74, 6) is 2.44. The van der Waals surface area contributed by atoms with Crippen molar-refractivity contribution in [3.05, 3.63) is 22.8 Å². The minimum absolute atomic E-state index is 0.0855. The van der Waals surface area contributed by atoms with Crippen LogP contribution in [0.15, 0.2) is 22.8 Å². The maximum absolute atomic E-state index is 11.5. The van der Waals surface area contributed by atoms with E-state index in [-0.39, 0.29) is 29.0 Å². The van der Waals surface area contributed by atoms with Gasteiger partial charge in [-0.25, -0.2) is 0 Å². The van der Waals surface area contributed by atoms with Gasteiger partial charge >= 0.3 is 5.97 Å². The molecular weight excluding hydrogens is 396 g/mol. The molecule has 0 saturated heterocycles. The fourth-order valence-corrected chi connectivity index (χ4v) is 8.16. The molecule has 0 bridgehead atoms. The number of aliphatic hydroxyl groups is 1. The summed E-state index contributed by atoms with van der Waals surface area (Å²) in [7, 11) is 0. The minimum atomic E-state index is -0.270. The number of esters is 1. The standard InChI is InChI=1S/C29H46O3/c1-18(2)8-7-9-19(3)25-17-26(31)27-23-11-10-21-16-22(32-20(4)30)12-14-28(21,5)24(23)13-15-29(25,27)6/h13,18-19,21-22,25-26,31H,7-12,14-17H2,1-6H3/t19-,21+,22+,25-,26+,28+,29-/m1/s1. The van der Waals surface area contributed by atoms with Gasteiger partial charge in [-0.3, -0.25) is 4.79 Å². The predicted molar refractivity (Wildman–Crippen MR) is 130 cm³/mol. The van der Waals surface area contributed by atoms with Crippen molar-refractivity contribution in [2.75, 3.05) is 0 Å². The summed E-state index contributed by atoms with van der Waals surface area (Å²) in [6.07, 6.45) is 13.6. The Morgan fingerprint density at radius 1 is 1.16 bits per heavy atom. The van der Waals surface area contributed by atoms with E-state index in [1.807, 2.05) is 0 Å². The monoisotopic (exact) mass is 442 g/mol. The zero-order chi connectivity index (χ0) is 23.3. The molecule has 0 aromatic heterocycles. The Balaban J connectivity index is 1.55. The molecular formula is C29H46O3. The summed E-state index contributed by atoms with van der Waals surface area (Å²) in [6, 6.07) is 0. The fourth-order valence-electron chi connectivity index (χ4n) is 8.16. The van der Waals surface area contributed by atoms with Crippen LogP contribution in [0.1, 0.15) is 106 Å². The van der Waals surface area contributed by atoms with Crippen LogP contribution in [0.5, 0.6) is 0 Å². The van der Waals surface area contributed by atoms with E-state index in [1.165, 1.54) is 42.9 Å². The molecule has 0 aromatic carbocycles. The molecule has 3 heteroatoms. The molecule has 3 nitrogen and oxygen atoms in total. The second-order valence-corrected chi connectivity index (χ2v) is 12.5. The predicted octanol–water partition coefficient (Wildman–Crippen LogP) is 6.99. The van der Waals surface area contributed by atoms with E-state index in [0.717, 1.165) is 50.9 Å². The summed E-state index contributed by atoms with van der Waals surface area (Å²) < 4.78 is 5.60. The largest absolute Gasteiger partial charge is 0.463 e. The molecule has 7 atom stereocenters. The third-order valence-corrected chi connectivity index (χ3v) is 9.88. The van der Waals surface area contributed by atoms with E-state index in [2.05, 4.69) is 40.7 Å². The summed E-state index contributed by atoms with van der Waals surface area (Å²) >= 11 is 0. The van der Waals surface area contributed by atoms with Gasteiger partial charge in [0.05, 0.1) is 6.10 Å². The Kier molecular flexibility index (Phi) is 6.71. The number of carbonyl (C=O) groups is 1. The van der Waals surface area contributed by atoms with Gasteiger partial charge < -0.3 is 9.84 Å². The van der Waals surface area contributed by atoms with E-state index in [4.69, 9.17) is 4.74 Å². The van der Waals surface area contributed by atoms with Crippen LogP contribution in [0.4, 0.5) is 0 Å². The lowest BCUT2D eigenvalue weighted by Gasteiger charge is -2.53. The normalized spacial score (nSPS) is 39.8. The van der Waals surface area contributed by atoms with Gasteiger partial charge in [0.1, 0.15) is 6.10 Å². The average Bonchev–Trinajstić information content (AvgIpc) is 2.98. The number of hydrogen-bond donors (Lipinski definition) is 1. The number of allylic oxidation sites excluding steroid dienone is 3. The first-order valence-corrected chi connectivity index (χ1v) is 13.4. The highest BCUT2D eigenvalue weighted by Gasteiger charge is 2.55. The van der Waals surface area contributed by atoms with Crippen LogP contribution >= 0.6 is 0 Å². The van der Waals surface area contributed by atoms with E-state index >= 15 is 0 Å². The maximum atomic E-state index is 11.5. The SMILES string of the molecule is CC(=O)O[C@H]1CC[C@]2(C)C3=CC[C@@]4(C)C(=C3CC[C@H]2C1)[C@@H](O)C[C@@H]4[C@H](C)CCCC(C)C. The summed E-state index contributed by atoms with van der Waals surface area (Å²) in [4.78, 5) is 11.5. The number of rotatable bonds is 6.